The number of aryl methyl sites for hydroxylation is 1. The summed E-state index contributed by atoms with van der Waals surface area (Å²) in [5, 5.41) is 3.48. The molecule has 0 atom stereocenters. The van der Waals surface area contributed by atoms with E-state index < -0.39 is 0 Å². The molecule has 1 N–H and O–H groups in total. The van der Waals surface area contributed by atoms with E-state index in [1.54, 1.807) is 11.3 Å². The minimum atomic E-state index is 0.845. The lowest BCUT2D eigenvalue weighted by Crippen LogP contribution is -2.00. The van der Waals surface area contributed by atoms with Crippen molar-refractivity contribution in [1.82, 2.24) is 0 Å². The third-order valence-corrected chi connectivity index (χ3v) is 3.85. The maximum atomic E-state index is 5.91. The Labute approximate surface area is 111 Å². The molecule has 0 unspecified atom stereocenters. The lowest BCUT2D eigenvalue weighted by molar-refractivity contribution is 0.920. The molecule has 0 aliphatic carbocycles. The first kappa shape index (κ1) is 12.5. The van der Waals surface area contributed by atoms with Gasteiger partial charge >= 0.3 is 0 Å². The second-order valence-corrected chi connectivity index (χ2v) is 5.77. The molecule has 0 saturated carbocycles. The van der Waals surface area contributed by atoms with Gasteiger partial charge in [-0.05, 0) is 30.2 Å². The first-order chi connectivity index (χ1) is 8.29. The number of halogens is 1. The van der Waals surface area contributed by atoms with Crippen LogP contribution in [0.3, 0.4) is 0 Å². The van der Waals surface area contributed by atoms with Crippen LogP contribution in [0.2, 0.25) is 4.34 Å². The number of hydrogen-bond donors (Lipinski definition) is 1. The van der Waals surface area contributed by atoms with Crippen LogP contribution in [-0.2, 0) is 13.0 Å². The van der Waals surface area contributed by atoms with E-state index in [4.69, 9.17) is 11.6 Å². The molecule has 0 fully saturated rings. The van der Waals surface area contributed by atoms with E-state index in [1.807, 2.05) is 6.07 Å². The van der Waals surface area contributed by atoms with Crippen molar-refractivity contribution < 1.29 is 0 Å². The summed E-state index contributed by atoms with van der Waals surface area (Å²) in [6.45, 7) is 3.05. The summed E-state index contributed by atoms with van der Waals surface area (Å²) < 4.78 is 0.851. The average molecular weight is 266 g/mol. The van der Waals surface area contributed by atoms with Crippen molar-refractivity contribution in [3.05, 3.63) is 51.2 Å². The molecule has 0 spiro atoms. The Morgan fingerprint density at radius 2 is 2.00 bits per heavy atom. The van der Waals surface area contributed by atoms with Gasteiger partial charge in [-0.25, -0.2) is 0 Å². The summed E-state index contributed by atoms with van der Waals surface area (Å²) >= 11 is 7.54. The standard InChI is InChI=1S/C14H16ClNS/c1-2-5-11-6-3-4-7-13(11)16-10-12-8-9-14(15)17-12/h3-4,6-9,16H,2,5,10H2,1H3. The summed E-state index contributed by atoms with van der Waals surface area (Å²) in [7, 11) is 0. The molecule has 0 radical (unpaired) electrons. The Morgan fingerprint density at radius 3 is 2.71 bits per heavy atom. The van der Waals surface area contributed by atoms with Crippen molar-refractivity contribution in [2.45, 2.75) is 26.3 Å². The molecule has 1 heterocycles. The smallest absolute Gasteiger partial charge is 0.0931 e. The van der Waals surface area contributed by atoms with Gasteiger partial charge in [-0.15, -0.1) is 11.3 Å². The van der Waals surface area contributed by atoms with Gasteiger partial charge in [-0.1, -0.05) is 43.1 Å². The van der Waals surface area contributed by atoms with Crippen molar-refractivity contribution in [3.8, 4) is 0 Å². The van der Waals surface area contributed by atoms with Gasteiger partial charge in [-0.3, -0.25) is 0 Å². The number of nitrogens with one attached hydrogen (secondary N) is 1. The van der Waals surface area contributed by atoms with E-state index in [0.29, 0.717) is 0 Å². The van der Waals surface area contributed by atoms with Crippen molar-refractivity contribution in [2.24, 2.45) is 0 Å². The summed E-state index contributed by atoms with van der Waals surface area (Å²) in [6.07, 6.45) is 2.29. The quantitative estimate of drug-likeness (QED) is 0.805. The summed E-state index contributed by atoms with van der Waals surface area (Å²) in [5.74, 6) is 0. The molecule has 0 aliphatic rings. The van der Waals surface area contributed by atoms with Crippen LogP contribution in [0.4, 0.5) is 5.69 Å². The molecule has 2 rings (SSSR count). The average Bonchev–Trinajstić information content (AvgIpc) is 2.74. The van der Waals surface area contributed by atoms with Crippen molar-refractivity contribution in [3.63, 3.8) is 0 Å². The normalized spacial score (nSPS) is 10.5. The highest BCUT2D eigenvalue weighted by Crippen LogP contribution is 2.23. The van der Waals surface area contributed by atoms with Gasteiger partial charge in [-0.2, -0.15) is 0 Å². The molecular formula is C14H16ClNS. The molecule has 2 aromatic rings. The Hall–Kier alpha value is -0.990. The largest absolute Gasteiger partial charge is 0.380 e. The number of rotatable bonds is 5. The minimum absolute atomic E-state index is 0.845. The van der Waals surface area contributed by atoms with Gasteiger partial charge in [0.15, 0.2) is 0 Å². The SMILES string of the molecule is CCCc1ccccc1NCc1ccc(Cl)s1. The van der Waals surface area contributed by atoms with Crippen LogP contribution in [0.25, 0.3) is 0 Å². The molecule has 1 aromatic heterocycles. The monoisotopic (exact) mass is 265 g/mol. The predicted octanol–water partition coefficient (Wildman–Crippen LogP) is 4.97. The van der Waals surface area contributed by atoms with E-state index in [-0.39, 0.29) is 0 Å². The number of para-hydroxylation sites is 1. The zero-order valence-corrected chi connectivity index (χ0v) is 11.4. The lowest BCUT2D eigenvalue weighted by Gasteiger charge is -2.10. The first-order valence-electron chi connectivity index (χ1n) is 5.85. The molecule has 3 heteroatoms. The molecular weight excluding hydrogens is 250 g/mol. The zero-order valence-electron chi connectivity index (χ0n) is 9.87. The highest BCUT2D eigenvalue weighted by molar-refractivity contribution is 7.16. The molecule has 0 saturated heterocycles. The first-order valence-corrected chi connectivity index (χ1v) is 7.05. The highest BCUT2D eigenvalue weighted by atomic mass is 35.5. The molecule has 17 heavy (non-hydrogen) atoms. The summed E-state index contributed by atoms with van der Waals surface area (Å²) in [4.78, 5) is 1.27. The van der Waals surface area contributed by atoms with Crippen molar-refractivity contribution in [1.29, 1.82) is 0 Å². The van der Waals surface area contributed by atoms with Crippen LogP contribution in [0.15, 0.2) is 36.4 Å². The topological polar surface area (TPSA) is 12.0 Å². The highest BCUT2D eigenvalue weighted by Gasteiger charge is 2.02. The lowest BCUT2D eigenvalue weighted by atomic mass is 10.1. The Kier molecular flexibility index (Phi) is 4.46. The van der Waals surface area contributed by atoms with Crippen molar-refractivity contribution in [2.75, 3.05) is 5.32 Å². The fourth-order valence-electron chi connectivity index (χ4n) is 1.81. The Morgan fingerprint density at radius 1 is 1.18 bits per heavy atom. The second kappa shape index (κ2) is 6.08. The van der Waals surface area contributed by atoms with Crippen LogP contribution in [-0.4, -0.2) is 0 Å². The second-order valence-electron chi connectivity index (χ2n) is 3.97. The molecule has 0 bridgehead atoms. The number of hydrogen-bond acceptors (Lipinski definition) is 2. The molecule has 1 nitrogen and oxygen atoms in total. The van der Waals surface area contributed by atoms with E-state index >= 15 is 0 Å². The Balaban J connectivity index is 2.03. The van der Waals surface area contributed by atoms with Gasteiger partial charge in [0.2, 0.25) is 0 Å². The van der Waals surface area contributed by atoms with E-state index in [1.165, 1.54) is 22.5 Å². The van der Waals surface area contributed by atoms with Gasteiger partial charge in [0.1, 0.15) is 0 Å². The molecule has 0 amide bonds. The Bertz CT molecular complexity index is 479. The number of thiophene rings is 1. The zero-order chi connectivity index (χ0) is 12.1. The summed E-state index contributed by atoms with van der Waals surface area (Å²) in [5.41, 5.74) is 2.62. The van der Waals surface area contributed by atoms with E-state index in [9.17, 15) is 0 Å². The van der Waals surface area contributed by atoms with Gasteiger partial charge < -0.3 is 5.32 Å². The van der Waals surface area contributed by atoms with Gasteiger partial charge in [0.25, 0.3) is 0 Å². The van der Waals surface area contributed by atoms with Crippen molar-refractivity contribution >= 4 is 28.6 Å². The molecule has 1 aromatic carbocycles. The van der Waals surface area contributed by atoms with Crippen LogP contribution < -0.4 is 5.32 Å². The van der Waals surface area contributed by atoms with Crippen LogP contribution >= 0.6 is 22.9 Å². The fraction of sp³-hybridized carbons (Fsp3) is 0.286. The molecule has 90 valence electrons. The number of benzene rings is 1. The molecule has 0 aliphatic heterocycles. The maximum absolute atomic E-state index is 5.91. The third kappa shape index (κ3) is 3.48. The minimum Gasteiger partial charge on any atom is -0.380 e. The summed E-state index contributed by atoms with van der Waals surface area (Å²) in [6, 6.07) is 12.5. The van der Waals surface area contributed by atoms with Crippen LogP contribution in [0, 0.1) is 0 Å². The van der Waals surface area contributed by atoms with Crippen LogP contribution in [0.5, 0.6) is 0 Å². The fourth-order valence-corrected chi connectivity index (χ4v) is 2.84. The third-order valence-electron chi connectivity index (χ3n) is 2.62. The van der Waals surface area contributed by atoms with Crippen LogP contribution in [0.1, 0.15) is 23.8 Å². The van der Waals surface area contributed by atoms with Gasteiger partial charge in [0.05, 0.1) is 4.34 Å². The maximum Gasteiger partial charge on any atom is 0.0931 e. The van der Waals surface area contributed by atoms with Gasteiger partial charge in [0, 0.05) is 17.1 Å². The number of anilines is 1. The van der Waals surface area contributed by atoms with E-state index in [2.05, 4.69) is 42.6 Å². The van der Waals surface area contributed by atoms with E-state index in [0.717, 1.165) is 17.3 Å². The predicted molar refractivity (Wildman–Crippen MR) is 77.1 cm³/mol.